The summed E-state index contributed by atoms with van der Waals surface area (Å²) in [4.78, 5) is 0. The largest absolute Gasteiger partial charge is 0.419 e. The normalized spacial score (nSPS) is 13.5. The number of alkyl halides is 3. The molecule has 1 aromatic heterocycles. The van der Waals surface area contributed by atoms with Crippen LogP contribution in [0.15, 0.2) is 27.1 Å². The number of hydrogen-bond donors (Lipinski definition) is 1. The van der Waals surface area contributed by atoms with E-state index in [1.54, 1.807) is 14.0 Å². The third kappa shape index (κ3) is 3.01. The summed E-state index contributed by atoms with van der Waals surface area (Å²) in [5.74, 6) is 0.0838. The Hall–Kier alpha value is -1.41. The van der Waals surface area contributed by atoms with E-state index in [1.807, 2.05) is 0 Å². The first kappa shape index (κ1) is 15.0. The van der Waals surface area contributed by atoms with Crippen molar-refractivity contribution in [2.75, 3.05) is 7.05 Å². The van der Waals surface area contributed by atoms with Crippen LogP contribution in [0.3, 0.4) is 0 Å². The average molecular weight is 350 g/mol. The highest BCUT2D eigenvalue weighted by molar-refractivity contribution is 9.10. The molecule has 0 spiro atoms. The molecule has 0 bridgehead atoms. The van der Waals surface area contributed by atoms with Crippen molar-refractivity contribution >= 4 is 15.9 Å². The van der Waals surface area contributed by atoms with Crippen molar-refractivity contribution in [3.8, 4) is 11.5 Å². The minimum Gasteiger partial charge on any atom is -0.419 e. The third-order valence-electron chi connectivity index (χ3n) is 2.76. The quantitative estimate of drug-likeness (QED) is 0.915. The Balaban J connectivity index is 2.50. The molecule has 108 valence electrons. The molecule has 0 aliphatic carbocycles. The molecule has 0 aliphatic rings. The second-order valence-electron chi connectivity index (χ2n) is 4.14. The highest BCUT2D eigenvalue weighted by Gasteiger charge is 2.35. The number of hydrogen-bond acceptors (Lipinski definition) is 4. The summed E-state index contributed by atoms with van der Waals surface area (Å²) in [6.07, 6.45) is -4.50. The van der Waals surface area contributed by atoms with Gasteiger partial charge in [0.05, 0.1) is 17.2 Å². The topological polar surface area (TPSA) is 51.0 Å². The van der Waals surface area contributed by atoms with E-state index in [4.69, 9.17) is 4.42 Å². The Morgan fingerprint density at radius 2 is 2.00 bits per heavy atom. The van der Waals surface area contributed by atoms with E-state index in [1.165, 1.54) is 12.1 Å². The molecule has 1 atom stereocenters. The van der Waals surface area contributed by atoms with E-state index in [9.17, 15) is 13.2 Å². The summed E-state index contributed by atoms with van der Waals surface area (Å²) < 4.78 is 44.7. The van der Waals surface area contributed by atoms with Gasteiger partial charge >= 0.3 is 6.18 Å². The number of benzene rings is 1. The van der Waals surface area contributed by atoms with Gasteiger partial charge in [-0.3, -0.25) is 0 Å². The van der Waals surface area contributed by atoms with Crippen molar-refractivity contribution < 1.29 is 17.6 Å². The van der Waals surface area contributed by atoms with Gasteiger partial charge in [-0.05, 0) is 32.2 Å². The number of nitrogens with zero attached hydrogens (tertiary/aromatic N) is 2. The van der Waals surface area contributed by atoms with E-state index in [-0.39, 0.29) is 23.4 Å². The summed E-state index contributed by atoms with van der Waals surface area (Å²) in [6, 6.07) is 3.55. The molecule has 0 saturated heterocycles. The van der Waals surface area contributed by atoms with Gasteiger partial charge in [0.2, 0.25) is 11.8 Å². The SMILES string of the molecule is CNC(C)c1nnc(-c2ccc(Br)cc2C(F)(F)F)o1. The van der Waals surface area contributed by atoms with Crippen molar-refractivity contribution in [3.05, 3.63) is 34.1 Å². The molecule has 0 saturated carbocycles. The van der Waals surface area contributed by atoms with E-state index in [0.717, 1.165) is 6.07 Å². The Morgan fingerprint density at radius 1 is 1.30 bits per heavy atom. The first-order valence-corrected chi connectivity index (χ1v) is 6.50. The molecule has 1 aromatic carbocycles. The molecule has 0 fully saturated rings. The fraction of sp³-hybridized carbons (Fsp3) is 0.333. The van der Waals surface area contributed by atoms with Crippen LogP contribution in [-0.2, 0) is 6.18 Å². The van der Waals surface area contributed by atoms with Crippen LogP contribution in [0, 0.1) is 0 Å². The van der Waals surface area contributed by atoms with Crippen molar-refractivity contribution in [2.24, 2.45) is 0 Å². The number of halogens is 4. The Labute approximate surface area is 121 Å². The fourth-order valence-electron chi connectivity index (χ4n) is 1.58. The van der Waals surface area contributed by atoms with Gasteiger partial charge in [-0.25, -0.2) is 0 Å². The fourth-order valence-corrected chi connectivity index (χ4v) is 1.94. The zero-order chi connectivity index (χ0) is 14.9. The number of nitrogens with one attached hydrogen (secondary N) is 1. The van der Waals surface area contributed by atoms with E-state index >= 15 is 0 Å². The van der Waals surface area contributed by atoms with Crippen LogP contribution in [-0.4, -0.2) is 17.2 Å². The summed E-state index contributed by atoms with van der Waals surface area (Å²) in [6.45, 7) is 1.77. The predicted molar refractivity (Wildman–Crippen MR) is 69.9 cm³/mol. The molecule has 0 amide bonds. The molecule has 4 nitrogen and oxygen atoms in total. The van der Waals surface area contributed by atoms with Crippen molar-refractivity contribution in [3.63, 3.8) is 0 Å². The van der Waals surface area contributed by atoms with E-state index < -0.39 is 11.7 Å². The third-order valence-corrected chi connectivity index (χ3v) is 3.25. The van der Waals surface area contributed by atoms with Crippen LogP contribution in [0.4, 0.5) is 13.2 Å². The van der Waals surface area contributed by atoms with Crippen LogP contribution in [0.2, 0.25) is 0 Å². The van der Waals surface area contributed by atoms with Crippen LogP contribution in [0.1, 0.15) is 24.4 Å². The predicted octanol–water partition coefficient (Wildman–Crippen LogP) is 3.80. The number of rotatable bonds is 3. The van der Waals surface area contributed by atoms with Gasteiger partial charge in [0, 0.05) is 4.47 Å². The monoisotopic (exact) mass is 349 g/mol. The molecule has 20 heavy (non-hydrogen) atoms. The lowest BCUT2D eigenvalue weighted by Crippen LogP contribution is -2.12. The minimum absolute atomic E-state index is 0.136. The summed E-state index contributed by atoms with van der Waals surface area (Å²) in [5.41, 5.74) is -0.957. The van der Waals surface area contributed by atoms with Gasteiger partial charge in [0.1, 0.15) is 0 Å². The van der Waals surface area contributed by atoms with Crippen LogP contribution in [0.5, 0.6) is 0 Å². The summed E-state index contributed by atoms with van der Waals surface area (Å²) >= 11 is 3.02. The Morgan fingerprint density at radius 3 is 2.60 bits per heavy atom. The first-order valence-electron chi connectivity index (χ1n) is 5.70. The average Bonchev–Trinajstić information content (AvgIpc) is 2.86. The van der Waals surface area contributed by atoms with Crippen molar-refractivity contribution in [2.45, 2.75) is 19.1 Å². The summed E-state index contributed by atoms with van der Waals surface area (Å²) in [5, 5.41) is 10.3. The zero-order valence-corrected chi connectivity index (χ0v) is 12.2. The van der Waals surface area contributed by atoms with Crippen LogP contribution >= 0.6 is 15.9 Å². The molecule has 1 heterocycles. The highest BCUT2D eigenvalue weighted by Crippen LogP contribution is 2.38. The standard InChI is InChI=1S/C12H11BrF3N3O/c1-6(17-2)10-18-19-11(20-10)8-4-3-7(13)5-9(8)12(14,15)16/h3-6,17H,1-2H3. The van der Waals surface area contributed by atoms with Gasteiger partial charge in [-0.15, -0.1) is 10.2 Å². The molecule has 0 radical (unpaired) electrons. The molecule has 0 aliphatic heterocycles. The van der Waals surface area contributed by atoms with Crippen LogP contribution in [0.25, 0.3) is 11.5 Å². The van der Waals surface area contributed by atoms with Gasteiger partial charge in [-0.1, -0.05) is 15.9 Å². The lowest BCUT2D eigenvalue weighted by atomic mass is 10.1. The van der Waals surface area contributed by atoms with Gasteiger partial charge in [0.15, 0.2) is 0 Å². The number of aromatic nitrogens is 2. The van der Waals surface area contributed by atoms with Gasteiger partial charge < -0.3 is 9.73 Å². The van der Waals surface area contributed by atoms with Gasteiger partial charge in [-0.2, -0.15) is 13.2 Å². The molecular formula is C12H11BrF3N3O. The molecule has 1 unspecified atom stereocenters. The molecule has 8 heteroatoms. The smallest absolute Gasteiger partial charge is 0.417 e. The maximum atomic E-state index is 13.0. The lowest BCUT2D eigenvalue weighted by molar-refractivity contribution is -0.137. The van der Waals surface area contributed by atoms with E-state index in [2.05, 4.69) is 31.4 Å². The van der Waals surface area contributed by atoms with E-state index in [0.29, 0.717) is 4.47 Å². The highest BCUT2D eigenvalue weighted by atomic mass is 79.9. The molecule has 1 N–H and O–H groups in total. The van der Waals surface area contributed by atoms with Crippen molar-refractivity contribution in [1.29, 1.82) is 0 Å². The molecule has 2 aromatic rings. The van der Waals surface area contributed by atoms with Gasteiger partial charge in [0.25, 0.3) is 0 Å². The molecular weight excluding hydrogens is 339 g/mol. The Kier molecular flexibility index (Phi) is 4.14. The summed E-state index contributed by atoms with van der Waals surface area (Å²) in [7, 11) is 1.69. The minimum atomic E-state index is -4.50. The maximum Gasteiger partial charge on any atom is 0.417 e. The lowest BCUT2D eigenvalue weighted by Gasteiger charge is -2.10. The van der Waals surface area contributed by atoms with Crippen LogP contribution < -0.4 is 5.32 Å². The Bertz CT molecular complexity index is 612. The second-order valence-corrected chi connectivity index (χ2v) is 5.06. The second kappa shape index (κ2) is 5.53. The van der Waals surface area contributed by atoms with Crippen molar-refractivity contribution in [1.82, 2.24) is 15.5 Å². The zero-order valence-electron chi connectivity index (χ0n) is 10.6. The molecule has 2 rings (SSSR count). The first-order chi connectivity index (χ1) is 9.32. The maximum absolute atomic E-state index is 13.0.